The van der Waals surface area contributed by atoms with E-state index in [2.05, 4.69) is 47.6 Å². The third-order valence-corrected chi connectivity index (χ3v) is 4.43. The minimum atomic E-state index is 0.235. The van der Waals surface area contributed by atoms with Gasteiger partial charge in [-0.05, 0) is 49.7 Å². The summed E-state index contributed by atoms with van der Waals surface area (Å²) in [5, 5.41) is 5.38. The first-order valence-electron chi connectivity index (χ1n) is 6.51. The number of fused-ring (bicyclic) bond motifs is 1. The maximum atomic E-state index is 5.92. The maximum absolute atomic E-state index is 5.92. The molecule has 0 spiro atoms. The Bertz CT molecular complexity index is 734. The van der Waals surface area contributed by atoms with Gasteiger partial charge in [0.2, 0.25) is 0 Å². The molecule has 0 radical (unpaired) electrons. The van der Waals surface area contributed by atoms with Gasteiger partial charge in [0.05, 0.1) is 15.2 Å². The van der Waals surface area contributed by atoms with Crippen molar-refractivity contribution in [1.82, 2.24) is 4.98 Å². The van der Waals surface area contributed by atoms with E-state index >= 15 is 0 Å². The van der Waals surface area contributed by atoms with Crippen LogP contribution in [0.2, 0.25) is 5.02 Å². The van der Waals surface area contributed by atoms with E-state index in [9.17, 15) is 0 Å². The molecule has 1 aromatic heterocycles. The molecule has 0 aliphatic carbocycles. The van der Waals surface area contributed by atoms with E-state index in [-0.39, 0.29) is 6.04 Å². The van der Waals surface area contributed by atoms with Gasteiger partial charge in [-0.1, -0.05) is 23.7 Å². The lowest BCUT2D eigenvalue weighted by Crippen LogP contribution is -2.06. The Hall–Kier alpha value is -1.58. The topological polar surface area (TPSA) is 24.9 Å². The fourth-order valence-corrected chi connectivity index (χ4v) is 3.21. The van der Waals surface area contributed by atoms with Gasteiger partial charge in [0.25, 0.3) is 0 Å². The number of halogens is 1. The highest BCUT2D eigenvalue weighted by Gasteiger charge is 2.07. The standard InChI is InChI=1S/C16H15ClN2S/c1-10(12-3-5-13(17)6-4-12)18-14-7-8-15-16(9-14)20-11(2)19-15/h3-10,18H,1-2H3. The van der Waals surface area contributed by atoms with Gasteiger partial charge in [-0.3, -0.25) is 0 Å². The van der Waals surface area contributed by atoms with E-state index in [0.717, 1.165) is 21.2 Å². The Morgan fingerprint density at radius 1 is 1.15 bits per heavy atom. The summed E-state index contributed by atoms with van der Waals surface area (Å²) < 4.78 is 1.22. The summed E-state index contributed by atoms with van der Waals surface area (Å²) in [6, 6.07) is 14.5. The average molecular weight is 303 g/mol. The predicted molar refractivity (Wildman–Crippen MR) is 87.8 cm³/mol. The number of nitrogens with zero attached hydrogens (tertiary/aromatic N) is 1. The van der Waals surface area contributed by atoms with Gasteiger partial charge in [0.1, 0.15) is 0 Å². The van der Waals surface area contributed by atoms with Gasteiger partial charge in [-0.25, -0.2) is 4.98 Å². The number of aryl methyl sites for hydroxylation is 1. The Morgan fingerprint density at radius 3 is 2.65 bits per heavy atom. The van der Waals surface area contributed by atoms with E-state index in [1.54, 1.807) is 11.3 Å². The van der Waals surface area contributed by atoms with Gasteiger partial charge < -0.3 is 5.32 Å². The average Bonchev–Trinajstić information content (AvgIpc) is 2.78. The summed E-state index contributed by atoms with van der Waals surface area (Å²) in [6.07, 6.45) is 0. The molecular weight excluding hydrogens is 288 g/mol. The van der Waals surface area contributed by atoms with Crippen LogP contribution in [0.1, 0.15) is 23.5 Å². The number of hydrogen-bond donors (Lipinski definition) is 1. The molecule has 1 N–H and O–H groups in total. The first-order chi connectivity index (χ1) is 9.61. The molecule has 0 bridgehead atoms. The Kier molecular flexibility index (Phi) is 3.64. The molecule has 1 heterocycles. The summed E-state index contributed by atoms with van der Waals surface area (Å²) in [5.74, 6) is 0. The number of thiazole rings is 1. The SMILES string of the molecule is Cc1nc2ccc(NC(C)c3ccc(Cl)cc3)cc2s1. The smallest absolute Gasteiger partial charge is 0.0907 e. The van der Waals surface area contributed by atoms with E-state index in [0.29, 0.717) is 0 Å². The van der Waals surface area contributed by atoms with Crippen molar-refractivity contribution < 1.29 is 0 Å². The van der Waals surface area contributed by atoms with Gasteiger partial charge in [-0.15, -0.1) is 11.3 Å². The second kappa shape index (κ2) is 5.43. The van der Waals surface area contributed by atoms with E-state index < -0.39 is 0 Å². The molecule has 0 aliphatic heterocycles. The number of anilines is 1. The minimum Gasteiger partial charge on any atom is -0.378 e. The zero-order valence-corrected chi connectivity index (χ0v) is 12.9. The summed E-state index contributed by atoms with van der Waals surface area (Å²) in [4.78, 5) is 4.48. The van der Waals surface area contributed by atoms with Crippen LogP contribution >= 0.6 is 22.9 Å². The third-order valence-electron chi connectivity index (χ3n) is 3.25. The van der Waals surface area contributed by atoms with Crippen molar-refractivity contribution in [2.45, 2.75) is 19.9 Å². The van der Waals surface area contributed by atoms with Crippen LogP contribution in [0.5, 0.6) is 0 Å². The van der Waals surface area contributed by atoms with Gasteiger partial charge in [0, 0.05) is 16.8 Å². The van der Waals surface area contributed by atoms with Crippen molar-refractivity contribution in [1.29, 1.82) is 0 Å². The van der Waals surface area contributed by atoms with Crippen molar-refractivity contribution in [2.24, 2.45) is 0 Å². The lowest BCUT2D eigenvalue weighted by atomic mass is 10.1. The molecule has 1 atom stereocenters. The van der Waals surface area contributed by atoms with E-state index in [4.69, 9.17) is 11.6 Å². The second-order valence-corrected chi connectivity index (χ2v) is 6.50. The van der Waals surface area contributed by atoms with Crippen LogP contribution in [0, 0.1) is 6.92 Å². The number of hydrogen-bond acceptors (Lipinski definition) is 3. The van der Waals surface area contributed by atoms with Crippen LogP contribution in [-0.2, 0) is 0 Å². The summed E-state index contributed by atoms with van der Waals surface area (Å²) >= 11 is 7.64. The zero-order valence-electron chi connectivity index (χ0n) is 11.4. The van der Waals surface area contributed by atoms with Crippen molar-refractivity contribution >= 4 is 38.8 Å². The van der Waals surface area contributed by atoms with Crippen molar-refractivity contribution in [3.05, 3.63) is 58.1 Å². The Labute approximate surface area is 127 Å². The normalized spacial score (nSPS) is 12.6. The van der Waals surface area contributed by atoms with Crippen LogP contribution < -0.4 is 5.32 Å². The first kappa shape index (κ1) is 13.4. The number of nitrogens with one attached hydrogen (secondary N) is 1. The molecule has 2 nitrogen and oxygen atoms in total. The summed E-state index contributed by atoms with van der Waals surface area (Å²) in [7, 11) is 0. The fraction of sp³-hybridized carbons (Fsp3) is 0.188. The van der Waals surface area contributed by atoms with Crippen molar-refractivity contribution in [3.63, 3.8) is 0 Å². The summed E-state index contributed by atoms with van der Waals surface area (Å²) in [5.41, 5.74) is 3.40. The molecule has 3 rings (SSSR count). The monoisotopic (exact) mass is 302 g/mol. The molecule has 0 fully saturated rings. The van der Waals surface area contributed by atoms with Crippen LogP contribution in [0.15, 0.2) is 42.5 Å². The molecule has 0 amide bonds. The highest BCUT2D eigenvalue weighted by Crippen LogP contribution is 2.27. The molecular formula is C16H15ClN2S. The maximum Gasteiger partial charge on any atom is 0.0907 e. The highest BCUT2D eigenvalue weighted by atomic mass is 35.5. The first-order valence-corrected chi connectivity index (χ1v) is 7.70. The van der Waals surface area contributed by atoms with Crippen LogP contribution in [0.3, 0.4) is 0 Å². The molecule has 20 heavy (non-hydrogen) atoms. The summed E-state index contributed by atoms with van der Waals surface area (Å²) in [6.45, 7) is 4.18. The molecule has 0 saturated carbocycles. The fourth-order valence-electron chi connectivity index (χ4n) is 2.21. The molecule has 1 unspecified atom stereocenters. The number of benzene rings is 2. The van der Waals surface area contributed by atoms with Gasteiger partial charge in [0.15, 0.2) is 0 Å². The minimum absolute atomic E-state index is 0.235. The Balaban J connectivity index is 1.82. The lowest BCUT2D eigenvalue weighted by Gasteiger charge is -2.15. The molecule has 4 heteroatoms. The van der Waals surface area contributed by atoms with Crippen LogP contribution in [0.25, 0.3) is 10.2 Å². The third kappa shape index (κ3) is 2.79. The van der Waals surface area contributed by atoms with Gasteiger partial charge in [-0.2, -0.15) is 0 Å². The predicted octanol–water partition coefficient (Wildman–Crippen LogP) is 5.43. The molecule has 3 aromatic rings. The van der Waals surface area contributed by atoms with Crippen LogP contribution in [0.4, 0.5) is 5.69 Å². The molecule has 0 saturated heterocycles. The largest absolute Gasteiger partial charge is 0.378 e. The number of aromatic nitrogens is 1. The van der Waals surface area contributed by atoms with E-state index in [1.165, 1.54) is 10.3 Å². The number of rotatable bonds is 3. The highest BCUT2D eigenvalue weighted by molar-refractivity contribution is 7.18. The molecule has 102 valence electrons. The molecule has 0 aliphatic rings. The van der Waals surface area contributed by atoms with Crippen molar-refractivity contribution in [2.75, 3.05) is 5.32 Å². The quantitative estimate of drug-likeness (QED) is 0.697. The van der Waals surface area contributed by atoms with Crippen molar-refractivity contribution in [3.8, 4) is 0 Å². The van der Waals surface area contributed by atoms with E-state index in [1.807, 2.05) is 19.1 Å². The zero-order chi connectivity index (χ0) is 14.1. The Morgan fingerprint density at radius 2 is 1.90 bits per heavy atom. The van der Waals surface area contributed by atoms with Gasteiger partial charge >= 0.3 is 0 Å². The molecule has 2 aromatic carbocycles. The lowest BCUT2D eigenvalue weighted by molar-refractivity contribution is 0.885. The van der Waals surface area contributed by atoms with Crippen LogP contribution in [-0.4, -0.2) is 4.98 Å². The second-order valence-electron chi connectivity index (χ2n) is 4.83.